The van der Waals surface area contributed by atoms with Gasteiger partial charge in [-0.3, -0.25) is 4.79 Å². The molecular weight excluding hydrogens is 346 g/mol. The Labute approximate surface area is 144 Å². The van der Waals surface area contributed by atoms with Crippen molar-refractivity contribution >= 4 is 33.1 Å². The largest absolute Gasteiger partial charge is 0.455 e. The normalized spacial score (nSPS) is 18.4. The molecule has 2 aromatic carbocycles. The van der Waals surface area contributed by atoms with Crippen molar-refractivity contribution in [3.63, 3.8) is 0 Å². The van der Waals surface area contributed by atoms with Gasteiger partial charge in [-0.15, -0.1) is 11.8 Å². The summed E-state index contributed by atoms with van der Waals surface area (Å²) in [6.07, 6.45) is 0. The van der Waals surface area contributed by atoms with Crippen molar-refractivity contribution < 1.29 is 17.9 Å². The molecule has 1 N–H and O–H groups in total. The summed E-state index contributed by atoms with van der Waals surface area (Å²) in [4.78, 5) is 12.0. The van der Waals surface area contributed by atoms with Gasteiger partial charge in [-0.25, -0.2) is 8.42 Å². The molecule has 0 saturated carbocycles. The molecule has 1 atom stereocenters. The van der Waals surface area contributed by atoms with E-state index in [0.29, 0.717) is 18.0 Å². The van der Waals surface area contributed by atoms with E-state index in [2.05, 4.69) is 5.32 Å². The van der Waals surface area contributed by atoms with Crippen molar-refractivity contribution in [1.29, 1.82) is 0 Å². The number of para-hydroxylation sites is 2. The standard InChI is InChI=1S/C17H15NO4S2/c19-14(17-9-23-17)10-24(20,21)12-5-6-15-11(7-12)8-18-13-3-1-2-4-16(13)22-15/h1-7,17-18H,8-10H2. The Kier molecular flexibility index (Phi) is 3.77. The van der Waals surface area contributed by atoms with Crippen LogP contribution in [0, 0.1) is 0 Å². The van der Waals surface area contributed by atoms with E-state index in [0.717, 1.165) is 17.0 Å². The SMILES string of the molecule is O=C(CS(=O)(=O)c1ccc2c(c1)CNc1ccccc1O2)C1CS1. The van der Waals surface area contributed by atoms with E-state index in [1.165, 1.54) is 17.8 Å². The molecule has 0 amide bonds. The Bertz CT molecular complexity index is 920. The average molecular weight is 361 g/mol. The van der Waals surface area contributed by atoms with Gasteiger partial charge in [0, 0.05) is 17.9 Å². The molecule has 7 heteroatoms. The zero-order valence-corrected chi connectivity index (χ0v) is 14.3. The number of rotatable bonds is 4. The van der Waals surface area contributed by atoms with E-state index in [1.54, 1.807) is 12.1 Å². The number of benzene rings is 2. The third-order valence-corrected chi connectivity index (χ3v) is 6.56. The lowest BCUT2D eigenvalue weighted by atomic mass is 10.2. The van der Waals surface area contributed by atoms with Gasteiger partial charge in [-0.05, 0) is 30.3 Å². The predicted octanol–water partition coefficient (Wildman–Crippen LogP) is 2.86. The number of sulfone groups is 1. The smallest absolute Gasteiger partial charge is 0.185 e. The maximum Gasteiger partial charge on any atom is 0.185 e. The van der Waals surface area contributed by atoms with Crippen LogP contribution in [-0.4, -0.2) is 31.0 Å². The van der Waals surface area contributed by atoms with E-state index in [-0.39, 0.29) is 15.9 Å². The Morgan fingerprint density at radius 1 is 1.21 bits per heavy atom. The van der Waals surface area contributed by atoms with Crippen LogP contribution in [0.1, 0.15) is 5.56 Å². The second-order valence-electron chi connectivity index (χ2n) is 5.77. The van der Waals surface area contributed by atoms with Crippen LogP contribution >= 0.6 is 11.8 Å². The van der Waals surface area contributed by atoms with Crippen LogP contribution in [0.15, 0.2) is 47.4 Å². The van der Waals surface area contributed by atoms with Crippen molar-refractivity contribution in [1.82, 2.24) is 0 Å². The van der Waals surface area contributed by atoms with Crippen molar-refractivity contribution in [2.75, 3.05) is 16.8 Å². The number of Topliss-reactive ketones (excluding diaryl/α,β-unsaturated/α-hetero) is 1. The number of ether oxygens (including phenoxy) is 1. The van der Waals surface area contributed by atoms with Crippen LogP contribution in [-0.2, 0) is 21.2 Å². The van der Waals surface area contributed by atoms with Crippen molar-refractivity contribution in [3.8, 4) is 11.5 Å². The van der Waals surface area contributed by atoms with Crippen LogP contribution in [0.5, 0.6) is 11.5 Å². The number of carbonyl (C=O) groups is 1. The topological polar surface area (TPSA) is 72.5 Å². The summed E-state index contributed by atoms with van der Waals surface area (Å²) >= 11 is 1.49. The van der Waals surface area contributed by atoms with Gasteiger partial charge in [0.05, 0.1) is 15.8 Å². The van der Waals surface area contributed by atoms with E-state index >= 15 is 0 Å². The minimum atomic E-state index is -3.62. The number of thioether (sulfide) groups is 1. The van der Waals surface area contributed by atoms with E-state index in [1.807, 2.05) is 24.3 Å². The van der Waals surface area contributed by atoms with Crippen LogP contribution in [0.4, 0.5) is 5.69 Å². The zero-order valence-electron chi connectivity index (χ0n) is 12.7. The van der Waals surface area contributed by atoms with E-state index in [4.69, 9.17) is 4.74 Å². The summed E-state index contributed by atoms with van der Waals surface area (Å²) in [5.74, 6) is 1.41. The van der Waals surface area contributed by atoms with Crippen molar-refractivity contribution in [2.24, 2.45) is 0 Å². The summed E-state index contributed by atoms with van der Waals surface area (Å²) in [5.41, 5.74) is 1.61. The van der Waals surface area contributed by atoms with Crippen molar-refractivity contribution in [3.05, 3.63) is 48.0 Å². The summed E-state index contributed by atoms with van der Waals surface area (Å²) in [7, 11) is -3.62. The molecule has 2 aromatic rings. The zero-order chi connectivity index (χ0) is 16.7. The minimum absolute atomic E-state index is 0.139. The van der Waals surface area contributed by atoms with Gasteiger partial charge in [0.2, 0.25) is 0 Å². The molecule has 0 aliphatic carbocycles. The molecule has 0 radical (unpaired) electrons. The predicted molar refractivity (Wildman–Crippen MR) is 93.6 cm³/mol. The number of ketones is 1. The molecule has 5 nitrogen and oxygen atoms in total. The number of anilines is 1. The molecule has 0 spiro atoms. The lowest BCUT2D eigenvalue weighted by Gasteiger charge is -2.10. The summed E-state index contributed by atoms with van der Waals surface area (Å²) < 4.78 is 30.8. The summed E-state index contributed by atoms with van der Waals surface area (Å²) in [5, 5.41) is 3.10. The molecule has 2 heterocycles. The molecule has 0 aromatic heterocycles. The van der Waals surface area contributed by atoms with Gasteiger partial charge in [-0.2, -0.15) is 0 Å². The highest BCUT2D eigenvalue weighted by molar-refractivity contribution is 8.08. The first-order valence-corrected chi connectivity index (χ1v) is 10.2. The van der Waals surface area contributed by atoms with Gasteiger partial charge in [0.1, 0.15) is 11.5 Å². The van der Waals surface area contributed by atoms with Crippen LogP contribution in [0.3, 0.4) is 0 Å². The van der Waals surface area contributed by atoms with E-state index in [9.17, 15) is 13.2 Å². The molecule has 1 unspecified atom stereocenters. The highest BCUT2D eigenvalue weighted by Crippen LogP contribution is 2.36. The van der Waals surface area contributed by atoms with Gasteiger partial charge in [0.15, 0.2) is 21.4 Å². The first-order chi connectivity index (χ1) is 11.5. The lowest BCUT2D eigenvalue weighted by molar-refractivity contribution is -0.115. The third-order valence-electron chi connectivity index (χ3n) is 3.99. The molecule has 124 valence electrons. The van der Waals surface area contributed by atoms with Crippen LogP contribution < -0.4 is 10.1 Å². The lowest BCUT2D eigenvalue weighted by Crippen LogP contribution is -2.20. The number of hydrogen-bond donors (Lipinski definition) is 1. The maximum atomic E-state index is 12.5. The fourth-order valence-corrected chi connectivity index (χ4v) is 4.59. The second kappa shape index (κ2) is 5.82. The number of hydrogen-bond acceptors (Lipinski definition) is 6. The fraction of sp³-hybridized carbons (Fsp3) is 0.235. The Morgan fingerprint density at radius 2 is 2.00 bits per heavy atom. The molecule has 1 fully saturated rings. The monoisotopic (exact) mass is 361 g/mol. The van der Waals surface area contributed by atoms with Crippen molar-refractivity contribution in [2.45, 2.75) is 16.7 Å². The number of fused-ring (bicyclic) bond motifs is 2. The molecule has 0 bridgehead atoms. The van der Waals surface area contributed by atoms with Crippen LogP contribution in [0.25, 0.3) is 0 Å². The average Bonchev–Trinajstić information content (AvgIpc) is 3.40. The summed E-state index contributed by atoms with van der Waals surface area (Å²) in [6, 6.07) is 12.3. The third kappa shape index (κ3) is 3.01. The van der Waals surface area contributed by atoms with Gasteiger partial charge in [-0.1, -0.05) is 12.1 Å². The fourth-order valence-electron chi connectivity index (χ4n) is 2.60. The number of nitrogens with one attached hydrogen (secondary N) is 1. The molecule has 2 aliphatic heterocycles. The van der Waals surface area contributed by atoms with E-state index < -0.39 is 15.6 Å². The summed E-state index contributed by atoms with van der Waals surface area (Å²) in [6.45, 7) is 0.460. The molecule has 2 aliphatic rings. The molecule has 1 saturated heterocycles. The first kappa shape index (κ1) is 15.5. The molecule has 24 heavy (non-hydrogen) atoms. The Balaban J connectivity index is 1.63. The molecule has 4 rings (SSSR count). The van der Waals surface area contributed by atoms with Gasteiger partial charge < -0.3 is 10.1 Å². The second-order valence-corrected chi connectivity index (χ2v) is 8.99. The minimum Gasteiger partial charge on any atom is -0.455 e. The highest BCUT2D eigenvalue weighted by Gasteiger charge is 2.34. The van der Waals surface area contributed by atoms with Gasteiger partial charge in [0.25, 0.3) is 0 Å². The molecular formula is C17H15NO4S2. The Morgan fingerprint density at radius 3 is 2.79 bits per heavy atom. The maximum absolute atomic E-state index is 12.5. The van der Waals surface area contributed by atoms with Gasteiger partial charge >= 0.3 is 0 Å². The quantitative estimate of drug-likeness (QED) is 0.845. The highest BCUT2D eigenvalue weighted by atomic mass is 32.2. The first-order valence-electron chi connectivity index (χ1n) is 7.54. The van der Waals surface area contributed by atoms with Crippen LogP contribution in [0.2, 0.25) is 0 Å². The number of carbonyl (C=O) groups excluding carboxylic acids is 1. The Hall–Kier alpha value is -1.99.